The van der Waals surface area contributed by atoms with E-state index in [9.17, 15) is 0 Å². The van der Waals surface area contributed by atoms with Crippen molar-refractivity contribution >= 4 is 5.57 Å². The summed E-state index contributed by atoms with van der Waals surface area (Å²) >= 11 is 0. The third-order valence-electron chi connectivity index (χ3n) is 3.65. The van der Waals surface area contributed by atoms with Crippen LogP contribution in [-0.4, -0.2) is 0 Å². The SMILES string of the molecule is Cc1ccccc1-c1cccc(C2=CCCC=C2)c1. The minimum atomic E-state index is 1.15. The van der Waals surface area contributed by atoms with Gasteiger partial charge in [0.2, 0.25) is 0 Å². The number of hydrogen-bond donors (Lipinski definition) is 0. The van der Waals surface area contributed by atoms with Gasteiger partial charge in [0, 0.05) is 0 Å². The van der Waals surface area contributed by atoms with Crippen LogP contribution in [0.15, 0.2) is 66.8 Å². The van der Waals surface area contributed by atoms with Crippen LogP contribution in [0.5, 0.6) is 0 Å². The summed E-state index contributed by atoms with van der Waals surface area (Å²) in [6.45, 7) is 2.17. The third-order valence-corrected chi connectivity index (χ3v) is 3.65. The lowest BCUT2D eigenvalue weighted by atomic mass is 9.94. The quantitative estimate of drug-likeness (QED) is 0.666. The molecule has 0 atom stereocenters. The smallest absolute Gasteiger partial charge is 0.0155 e. The Morgan fingerprint density at radius 2 is 1.68 bits per heavy atom. The van der Waals surface area contributed by atoms with Crippen molar-refractivity contribution in [2.45, 2.75) is 19.8 Å². The third kappa shape index (κ3) is 2.53. The summed E-state index contributed by atoms with van der Waals surface area (Å²) in [5.41, 5.74) is 6.62. The lowest BCUT2D eigenvalue weighted by Crippen LogP contribution is -1.88. The Morgan fingerprint density at radius 1 is 0.842 bits per heavy atom. The van der Waals surface area contributed by atoms with Gasteiger partial charge in [0.05, 0.1) is 0 Å². The van der Waals surface area contributed by atoms with Crippen LogP contribution >= 0.6 is 0 Å². The predicted octanol–water partition coefficient (Wildman–Crippen LogP) is 5.40. The molecule has 0 unspecified atom stereocenters. The second kappa shape index (κ2) is 5.27. The molecule has 0 nitrogen and oxygen atoms in total. The fourth-order valence-corrected chi connectivity index (χ4v) is 2.59. The highest BCUT2D eigenvalue weighted by Gasteiger charge is 2.05. The van der Waals surface area contributed by atoms with Crippen molar-refractivity contribution < 1.29 is 0 Å². The zero-order valence-electron chi connectivity index (χ0n) is 11.3. The molecule has 2 aromatic rings. The van der Waals surface area contributed by atoms with Gasteiger partial charge < -0.3 is 0 Å². The summed E-state index contributed by atoms with van der Waals surface area (Å²) in [6, 6.07) is 17.4. The molecule has 0 saturated heterocycles. The van der Waals surface area contributed by atoms with Crippen molar-refractivity contribution in [1.29, 1.82) is 0 Å². The molecule has 0 saturated carbocycles. The lowest BCUT2D eigenvalue weighted by Gasteiger charge is -2.10. The van der Waals surface area contributed by atoms with Crippen LogP contribution in [0.1, 0.15) is 24.0 Å². The molecule has 0 radical (unpaired) electrons. The minimum Gasteiger partial charge on any atom is -0.0836 e. The molecule has 0 bridgehead atoms. The highest BCUT2D eigenvalue weighted by molar-refractivity contribution is 5.79. The molecule has 0 aliphatic heterocycles. The van der Waals surface area contributed by atoms with Gasteiger partial charge in [0.25, 0.3) is 0 Å². The van der Waals surface area contributed by atoms with Crippen LogP contribution in [0.3, 0.4) is 0 Å². The summed E-state index contributed by atoms with van der Waals surface area (Å²) in [5, 5.41) is 0. The summed E-state index contributed by atoms with van der Waals surface area (Å²) in [7, 11) is 0. The minimum absolute atomic E-state index is 1.15. The average molecular weight is 246 g/mol. The van der Waals surface area contributed by atoms with Gasteiger partial charge in [-0.1, -0.05) is 60.7 Å². The topological polar surface area (TPSA) is 0 Å². The Labute approximate surface area is 115 Å². The molecular weight excluding hydrogens is 228 g/mol. The van der Waals surface area contributed by atoms with E-state index < -0.39 is 0 Å². The fraction of sp³-hybridized carbons (Fsp3) is 0.158. The zero-order valence-corrected chi connectivity index (χ0v) is 11.3. The monoisotopic (exact) mass is 246 g/mol. The molecule has 0 spiro atoms. The molecule has 2 aromatic carbocycles. The molecule has 0 heteroatoms. The summed E-state index contributed by atoms with van der Waals surface area (Å²) in [6.07, 6.45) is 9.15. The molecule has 0 amide bonds. The number of benzene rings is 2. The van der Waals surface area contributed by atoms with Gasteiger partial charge >= 0.3 is 0 Å². The van der Waals surface area contributed by atoms with Crippen LogP contribution in [0, 0.1) is 6.92 Å². The van der Waals surface area contributed by atoms with E-state index in [1.807, 2.05) is 0 Å². The van der Waals surface area contributed by atoms with E-state index in [1.54, 1.807) is 0 Å². The van der Waals surface area contributed by atoms with E-state index >= 15 is 0 Å². The molecule has 94 valence electrons. The Kier molecular flexibility index (Phi) is 3.33. The van der Waals surface area contributed by atoms with Gasteiger partial charge in [-0.15, -0.1) is 0 Å². The molecule has 3 rings (SSSR count). The van der Waals surface area contributed by atoms with Crippen molar-refractivity contribution in [2.24, 2.45) is 0 Å². The van der Waals surface area contributed by atoms with Gasteiger partial charge in [-0.2, -0.15) is 0 Å². The van der Waals surface area contributed by atoms with Crippen LogP contribution in [0.4, 0.5) is 0 Å². The zero-order chi connectivity index (χ0) is 13.1. The number of rotatable bonds is 2. The maximum Gasteiger partial charge on any atom is -0.0155 e. The second-order valence-electron chi connectivity index (χ2n) is 5.03. The molecule has 19 heavy (non-hydrogen) atoms. The van der Waals surface area contributed by atoms with Gasteiger partial charge in [-0.3, -0.25) is 0 Å². The highest BCUT2D eigenvalue weighted by atomic mass is 14.1. The maximum atomic E-state index is 2.33. The average Bonchev–Trinajstić information content (AvgIpc) is 2.49. The van der Waals surface area contributed by atoms with Crippen molar-refractivity contribution in [3.8, 4) is 11.1 Å². The van der Waals surface area contributed by atoms with Crippen LogP contribution < -0.4 is 0 Å². The first-order valence-electron chi connectivity index (χ1n) is 6.88. The summed E-state index contributed by atoms with van der Waals surface area (Å²) in [4.78, 5) is 0. The van der Waals surface area contributed by atoms with Crippen LogP contribution in [0.2, 0.25) is 0 Å². The van der Waals surface area contributed by atoms with Gasteiger partial charge in [-0.05, 0) is 53.7 Å². The van der Waals surface area contributed by atoms with Gasteiger partial charge in [0.15, 0.2) is 0 Å². The Balaban J connectivity index is 2.03. The first kappa shape index (κ1) is 12.0. The van der Waals surface area contributed by atoms with Crippen LogP contribution in [0.25, 0.3) is 16.7 Å². The molecule has 0 heterocycles. The molecule has 1 aliphatic carbocycles. The van der Waals surface area contributed by atoms with Crippen molar-refractivity contribution in [3.63, 3.8) is 0 Å². The molecular formula is C19H18. The van der Waals surface area contributed by atoms with Crippen molar-refractivity contribution in [2.75, 3.05) is 0 Å². The van der Waals surface area contributed by atoms with Crippen LogP contribution in [-0.2, 0) is 0 Å². The first-order chi connectivity index (χ1) is 9.34. The van der Waals surface area contributed by atoms with E-state index in [0.29, 0.717) is 0 Å². The summed E-state index contributed by atoms with van der Waals surface area (Å²) in [5.74, 6) is 0. The number of allylic oxidation sites excluding steroid dienone is 4. The van der Waals surface area contributed by atoms with Gasteiger partial charge in [0.1, 0.15) is 0 Å². The number of hydrogen-bond acceptors (Lipinski definition) is 0. The standard InChI is InChI=1S/C19H18/c1-15-8-5-6-13-19(15)18-12-7-11-17(14-18)16-9-3-2-4-10-16/h3,5-14H,2,4H2,1H3. The number of aryl methyl sites for hydroxylation is 1. The summed E-state index contributed by atoms with van der Waals surface area (Å²) < 4.78 is 0. The van der Waals surface area contributed by atoms with Crippen molar-refractivity contribution in [3.05, 3.63) is 77.9 Å². The Morgan fingerprint density at radius 3 is 2.47 bits per heavy atom. The van der Waals surface area contributed by atoms with Gasteiger partial charge in [-0.25, -0.2) is 0 Å². The van der Waals surface area contributed by atoms with E-state index in [2.05, 4.69) is 73.7 Å². The normalized spacial score (nSPS) is 14.3. The van der Waals surface area contributed by atoms with E-state index in [-0.39, 0.29) is 0 Å². The second-order valence-corrected chi connectivity index (χ2v) is 5.03. The molecule has 0 aromatic heterocycles. The first-order valence-corrected chi connectivity index (χ1v) is 6.88. The Hall–Kier alpha value is -2.08. The maximum absolute atomic E-state index is 2.33. The van der Waals surface area contributed by atoms with E-state index in [0.717, 1.165) is 6.42 Å². The highest BCUT2D eigenvalue weighted by Crippen LogP contribution is 2.28. The molecule has 0 N–H and O–H groups in total. The Bertz CT molecular complexity index is 645. The molecule has 1 aliphatic rings. The fourth-order valence-electron chi connectivity index (χ4n) is 2.59. The van der Waals surface area contributed by atoms with E-state index in [4.69, 9.17) is 0 Å². The largest absolute Gasteiger partial charge is 0.0836 e. The van der Waals surface area contributed by atoms with Crippen molar-refractivity contribution in [1.82, 2.24) is 0 Å². The predicted molar refractivity (Wildman–Crippen MR) is 83.0 cm³/mol. The van der Waals surface area contributed by atoms with E-state index in [1.165, 1.54) is 34.2 Å². The molecule has 0 fully saturated rings. The lowest BCUT2D eigenvalue weighted by molar-refractivity contribution is 1.04.